The predicted octanol–water partition coefficient (Wildman–Crippen LogP) is 2.18. The summed E-state index contributed by atoms with van der Waals surface area (Å²) in [6.07, 6.45) is 0. The molecule has 0 radical (unpaired) electrons. The van der Waals surface area contributed by atoms with Crippen LogP contribution in [0.15, 0.2) is 18.2 Å². The van der Waals surface area contributed by atoms with Gasteiger partial charge in [-0.1, -0.05) is 23.2 Å². The number of likely N-dealkylation sites (N-methyl/N-ethyl adjacent to an activating group) is 1. The molecule has 2 aromatic rings. The second-order valence-electron chi connectivity index (χ2n) is 5.24. The van der Waals surface area contributed by atoms with Crippen molar-refractivity contribution in [1.29, 1.82) is 0 Å². The van der Waals surface area contributed by atoms with E-state index in [2.05, 4.69) is 31.8 Å². The molecule has 8 heteroatoms. The summed E-state index contributed by atoms with van der Waals surface area (Å²) in [6, 6.07) is 5.26. The van der Waals surface area contributed by atoms with Crippen LogP contribution < -0.4 is 10.6 Å². The molecule has 1 aliphatic heterocycles. The fourth-order valence-electron chi connectivity index (χ4n) is 2.29. The molecule has 1 saturated heterocycles. The Hall–Kier alpha value is -1.63. The number of nitrogens with zero attached hydrogens (tertiary/aromatic N) is 5. The van der Waals surface area contributed by atoms with Crippen molar-refractivity contribution >= 4 is 35.1 Å². The van der Waals surface area contributed by atoms with E-state index in [9.17, 15) is 0 Å². The number of piperazine rings is 1. The van der Waals surface area contributed by atoms with Gasteiger partial charge in [0.15, 0.2) is 5.82 Å². The fourth-order valence-corrected chi connectivity index (χ4v) is 2.59. The van der Waals surface area contributed by atoms with Crippen LogP contribution in [0.1, 0.15) is 0 Å². The molecule has 0 bridgehead atoms. The molecule has 0 aliphatic carbocycles. The Morgan fingerprint density at radius 2 is 1.73 bits per heavy atom. The lowest BCUT2D eigenvalue weighted by Gasteiger charge is -2.32. The number of rotatable bonds is 2. The van der Waals surface area contributed by atoms with E-state index < -0.39 is 0 Å². The lowest BCUT2D eigenvalue weighted by atomic mass is 10.2. The normalized spacial score (nSPS) is 16.0. The molecule has 0 atom stereocenters. The van der Waals surface area contributed by atoms with Crippen molar-refractivity contribution in [2.75, 3.05) is 43.9 Å². The molecule has 2 heterocycles. The van der Waals surface area contributed by atoms with Crippen molar-refractivity contribution in [2.24, 2.45) is 0 Å². The highest BCUT2D eigenvalue weighted by atomic mass is 35.5. The van der Waals surface area contributed by atoms with Gasteiger partial charge in [-0.3, -0.25) is 0 Å². The van der Waals surface area contributed by atoms with Gasteiger partial charge >= 0.3 is 0 Å². The molecular formula is C14H16Cl2N6. The highest BCUT2D eigenvalue weighted by Gasteiger charge is 2.18. The molecule has 2 N–H and O–H groups in total. The number of halogens is 2. The lowest BCUT2D eigenvalue weighted by molar-refractivity contribution is 0.311. The number of nitrogen functional groups attached to an aromatic ring is 1. The van der Waals surface area contributed by atoms with Crippen LogP contribution in [-0.4, -0.2) is 53.1 Å². The first-order valence-corrected chi connectivity index (χ1v) is 7.69. The van der Waals surface area contributed by atoms with Gasteiger partial charge < -0.3 is 15.5 Å². The Morgan fingerprint density at radius 1 is 1.00 bits per heavy atom. The van der Waals surface area contributed by atoms with Gasteiger partial charge in [0.1, 0.15) is 0 Å². The molecule has 0 spiro atoms. The number of benzene rings is 1. The summed E-state index contributed by atoms with van der Waals surface area (Å²) >= 11 is 12.0. The molecule has 1 aromatic carbocycles. The third-order valence-corrected chi connectivity index (χ3v) is 4.34. The second kappa shape index (κ2) is 6.24. The third-order valence-electron chi connectivity index (χ3n) is 3.60. The predicted molar refractivity (Wildman–Crippen MR) is 89.4 cm³/mol. The summed E-state index contributed by atoms with van der Waals surface area (Å²) < 4.78 is 0. The third kappa shape index (κ3) is 3.24. The van der Waals surface area contributed by atoms with Crippen LogP contribution in [0.2, 0.25) is 10.0 Å². The van der Waals surface area contributed by atoms with Gasteiger partial charge in [-0.05, 0) is 25.2 Å². The van der Waals surface area contributed by atoms with Crippen molar-refractivity contribution in [3.63, 3.8) is 0 Å². The van der Waals surface area contributed by atoms with E-state index in [1.54, 1.807) is 12.1 Å². The zero-order chi connectivity index (χ0) is 15.7. The van der Waals surface area contributed by atoms with Crippen LogP contribution in [0, 0.1) is 0 Å². The van der Waals surface area contributed by atoms with E-state index in [0.717, 1.165) is 31.7 Å². The maximum Gasteiger partial charge on any atom is 0.230 e. The van der Waals surface area contributed by atoms with E-state index >= 15 is 0 Å². The number of aromatic nitrogens is 3. The zero-order valence-electron chi connectivity index (χ0n) is 12.1. The smallest absolute Gasteiger partial charge is 0.230 e. The van der Waals surface area contributed by atoms with E-state index in [0.29, 0.717) is 21.8 Å². The Kier molecular flexibility index (Phi) is 4.33. The highest BCUT2D eigenvalue weighted by Crippen LogP contribution is 2.27. The van der Waals surface area contributed by atoms with Crippen LogP contribution in [-0.2, 0) is 0 Å². The molecule has 0 saturated carbocycles. The van der Waals surface area contributed by atoms with Crippen LogP contribution in [0.4, 0.5) is 11.9 Å². The summed E-state index contributed by atoms with van der Waals surface area (Å²) in [5.41, 5.74) is 6.60. The molecule has 1 aliphatic rings. The summed E-state index contributed by atoms with van der Waals surface area (Å²) in [5.74, 6) is 1.30. The van der Waals surface area contributed by atoms with Gasteiger partial charge in [0, 0.05) is 31.7 Å². The van der Waals surface area contributed by atoms with Gasteiger partial charge in [0.2, 0.25) is 11.9 Å². The quantitative estimate of drug-likeness (QED) is 0.904. The zero-order valence-corrected chi connectivity index (χ0v) is 13.6. The van der Waals surface area contributed by atoms with Gasteiger partial charge in [-0.15, -0.1) is 0 Å². The molecule has 1 aromatic heterocycles. The maximum absolute atomic E-state index is 6.06. The van der Waals surface area contributed by atoms with Crippen LogP contribution >= 0.6 is 23.2 Å². The van der Waals surface area contributed by atoms with Crippen molar-refractivity contribution in [3.05, 3.63) is 28.2 Å². The van der Waals surface area contributed by atoms with Crippen LogP contribution in [0.3, 0.4) is 0 Å². The number of hydrogen-bond acceptors (Lipinski definition) is 6. The van der Waals surface area contributed by atoms with E-state index in [4.69, 9.17) is 28.9 Å². The molecule has 1 fully saturated rings. The fraction of sp³-hybridized carbons (Fsp3) is 0.357. The largest absolute Gasteiger partial charge is 0.368 e. The average molecular weight is 339 g/mol. The minimum Gasteiger partial charge on any atom is -0.368 e. The lowest BCUT2D eigenvalue weighted by Crippen LogP contribution is -2.45. The first-order chi connectivity index (χ1) is 10.5. The van der Waals surface area contributed by atoms with E-state index in [1.807, 2.05) is 6.07 Å². The Bertz CT molecular complexity index is 685. The van der Waals surface area contributed by atoms with Gasteiger partial charge in [0.25, 0.3) is 0 Å². The molecule has 116 valence electrons. The highest BCUT2D eigenvalue weighted by molar-refractivity contribution is 6.42. The summed E-state index contributed by atoms with van der Waals surface area (Å²) in [6.45, 7) is 3.66. The minimum absolute atomic E-state index is 0.199. The average Bonchev–Trinajstić information content (AvgIpc) is 2.50. The van der Waals surface area contributed by atoms with Crippen molar-refractivity contribution < 1.29 is 0 Å². The molecule has 22 heavy (non-hydrogen) atoms. The van der Waals surface area contributed by atoms with E-state index in [-0.39, 0.29) is 5.95 Å². The molecular weight excluding hydrogens is 323 g/mol. The number of nitrogens with two attached hydrogens (primary N) is 1. The Morgan fingerprint density at radius 3 is 2.41 bits per heavy atom. The van der Waals surface area contributed by atoms with Crippen LogP contribution in [0.5, 0.6) is 0 Å². The number of hydrogen-bond donors (Lipinski definition) is 1. The first kappa shape index (κ1) is 15.3. The van der Waals surface area contributed by atoms with Crippen molar-refractivity contribution in [1.82, 2.24) is 19.9 Å². The maximum atomic E-state index is 6.06. The van der Waals surface area contributed by atoms with Crippen molar-refractivity contribution in [2.45, 2.75) is 0 Å². The Labute approximate surface area is 138 Å². The monoisotopic (exact) mass is 338 g/mol. The van der Waals surface area contributed by atoms with Gasteiger partial charge in [-0.2, -0.15) is 15.0 Å². The van der Waals surface area contributed by atoms with Gasteiger partial charge in [0.05, 0.1) is 10.0 Å². The molecule has 3 rings (SSSR count). The van der Waals surface area contributed by atoms with Crippen molar-refractivity contribution in [3.8, 4) is 11.4 Å². The van der Waals surface area contributed by atoms with Gasteiger partial charge in [-0.25, -0.2) is 0 Å². The SMILES string of the molecule is CN1CCN(c2nc(N)nc(-c3ccc(Cl)c(Cl)c3)n2)CC1. The molecule has 6 nitrogen and oxygen atoms in total. The minimum atomic E-state index is 0.199. The number of anilines is 2. The Balaban J connectivity index is 1.94. The summed E-state index contributed by atoms with van der Waals surface area (Å²) in [4.78, 5) is 17.4. The molecule has 0 unspecified atom stereocenters. The molecule has 0 amide bonds. The van der Waals surface area contributed by atoms with E-state index in [1.165, 1.54) is 0 Å². The topological polar surface area (TPSA) is 71.2 Å². The summed E-state index contributed by atoms with van der Waals surface area (Å²) in [5, 5.41) is 0.950. The second-order valence-corrected chi connectivity index (χ2v) is 6.05. The first-order valence-electron chi connectivity index (χ1n) is 6.93. The standard InChI is InChI=1S/C14H16Cl2N6/c1-21-4-6-22(7-5-21)14-19-12(18-13(17)20-14)9-2-3-10(15)11(16)8-9/h2-3,8H,4-7H2,1H3,(H2,17,18,19,20). The van der Waals surface area contributed by atoms with Crippen LogP contribution in [0.25, 0.3) is 11.4 Å². The summed E-state index contributed by atoms with van der Waals surface area (Å²) in [7, 11) is 2.10.